The van der Waals surface area contributed by atoms with Gasteiger partial charge in [0.05, 0.1) is 12.3 Å². The first-order valence-corrected chi connectivity index (χ1v) is 19.2. The lowest BCUT2D eigenvalue weighted by atomic mass is 9.70. The molecule has 9 nitrogen and oxygen atoms in total. The van der Waals surface area contributed by atoms with Gasteiger partial charge in [-0.05, 0) is 74.3 Å². The zero-order valence-electron chi connectivity index (χ0n) is 31.0. The van der Waals surface area contributed by atoms with Gasteiger partial charge in [0.25, 0.3) is 6.23 Å². The number of allylic oxidation sites excluding steroid dienone is 1. The van der Waals surface area contributed by atoms with Crippen LogP contribution >= 0.6 is 0 Å². The summed E-state index contributed by atoms with van der Waals surface area (Å²) >= 11 is 0. The van der Waals surface area contributed by atoms with Crippen LogP contribution in [0.3, 0.4) is 0 Å². The molecule has 6 rings (SSSR count). The van der Waals surface area contributed by atoms with E-state index in [2.05, 4.69) is 79.1 Å². The lowest BCUT2D eigenvalue weighted by molar-refractivity contribution is -0.175. The second-order valence-electron chi connectivity index (χ2n) is 14.5. The molecular formula is C42H55N3O6. The molecular weight excluding hydrogens is 642 g/mol. The first-order valence-electron chi connectivity index (χ1n) is 19.2. The fourth-order valence-electron chi connectivity index (χ4n) is 8.54. The Morgan fingerprint density at radius 1 is 0.902 bits per heavy atom. The van der Waals surface area contributed by atoms with Crippen LogP contribution in [0, 0.1) is 0 Å². The molecule has 0 radical (unpaired) electrons. The molecule has 51 heavy (non-hydrogen) atoms. The fourth-order valence-corrected chi connectivity index (χ4v) is 8.54. The van der Waals surface area contributed by atoms with Gasteiger partial charge in [-0.25, -0.2) is 14.2 Å². The van der Waals surface area contributed by atoms with Gasteiger partial charge in [0.1, 0.15) is 5.54 Å². The average molecular weight is 698 g/mol. The van der Waals surface area contributed by atoms with Gasteiger partial charge in [-0.1, -0.05) is 93.6 Å². The number of carbonyl (C=O) groups excluding carboxylic acids is 2. The summed E-state index contributed by atoms with van der Waals surface area (Å²) in [6, 6.07) is 19.3. The summed E-state index contributed by atoms with van der Waals surface area (Å²) in [5.41, 5.74) is 6.33. The molecule has 9 heteroatoms. The molecule has 3 aromatic rings. The van der Waals surface area contributed by atoms with Crippen molar-refractivity contribution in [1.29, 1.82) is 0 Å². The van der Waals surface area contributed by atoms with E-state index in [-0.39, 0.29) is 18.9 Å². The second-order valence-corrected chi connectivity index (χ2v) is 14.5. The van der Waals surface area contributed by atoms with Gasteiger partial charge in [0.2, 0.25) is 0 Å². The van der Waals surface area contributed by atoms with Crippen LogP contribution in [-0.2, 0) is 31.1 Å². The van der Waals surface area contributed by atoms with Crippen LogP contribution in [0.1, 0.15) is 121 Å². The number of hydrogen-bond donors (Lipinski definition) is 0. The molecule has 3 aliphatic rings. The third-order valence-electron chi connectivity index (χ3n) is 11.2. The van der Waals surface area contributed by atoms with Crippen LogP contribution in [0.5, 0.6) is 0 Å². The molecule has 0 spiro atoms. The molecule has 3 heterocycles. The van der Waals surface area contributed by atoms with Crippen LogP contribution < -0.4 is 5.76 Å². The van der Waals surface area contributed by atoms with Gasteiger partial charge in [-0.2, -0.15) is 0 Å². The molecule has 2 aromatic carbocycles. The number of fused-ring (bicyclic) bond motifs is 1. The summed E-state index contributed by atoms with van der Waals surface area (Å²) in [4.78, 5) is 45.3. The number of hydrogen-bond acceptors (Lipinski definition) is 8. The molecule has 1 fully saturated rings. The molecule has 1 saturated heterocycles. The van der Waals surface area contributed by atoms with E-state index >= 15 is 0 Å². The number of carbonyl (C=O) groups is 2. The Morgan fingerprint density at radius 2 is 1.65 bits per heavy atom. The zero-order chi connectivity index (χ0) is 36.0. The molecule has 0 amide bonds. The largest absolute Gasteiger partial charge is 0.462 e. The lowest BCUT2D eigenvalue weighted by Crippen LogP contribution is -2.56. The molecule has 2 aliphatic heterocycles. The van der Waals surface area contributed by atoms with Crippen molar-refractivity contribution in [3.8, 4) is 11.1 Å². The Balaban J connectivity index is 1.36. The number of aromatic nitrogens is 1. The maximum atomic E-state index is 14.0. The summed E-state index contributed by atoms with van der Waals surface area (Å²) in [5.74, 6) is -1.58. The maximum Gasteiger partial charge on any atom is 0.422 e. The van der Waals surface area contributed by atoms with E-state index < -0.39 is 29.5 Å². The summed E-state index contributed by atoms with van der Waals surface area (Å²) < 4.78 is 18.7. The van der Waals surface area contributed by atoms with E-state index in [1.54, 1.807) is 6.92 Å². The number of rotatable bonds is 11. The molecule has 3 atom stereocenters. The number of nitrogens with zero attached hydrogens (tertiary/aromatic N) is 3. The van der Waals surface area contributed by atoms with E-state index in [4.69, 9.17) is 13.9 Å². The molecule has 0 N–H and O–H groups in total. The molecule has 3 unspecified atom stereocenters. The van der Waals surface area contributed by atoms with Gasteiger partial charge >= 0.3 is 17.7 Å². The topological polar surface area (TPSA) is 94.2 Å². The van der Waals surface area contributed by atoms with Crippen LogP contribution in [0.25, 0.3) is 11.1 Å². The predicted octanol–water partition coefficient (Wildman–Crippen LogP) is 8.09. The summed E-state index contributed by atoms with van der Waals surface area (Å²) in [6.07, 6.45) is 7.48. The number of unbranched alkanes of at least 4 members (excludes halogenated alkanes) is 3. The Kier molecular flexibility index (Phi) is 12.0. The van der Waals surface area contributed by atoms with Gasteiger partial charge in [0, 0.05) is 45.1 Å². The van der Waals surface area contributed by atoms with E-state index in [0.717, 1.165) is 77.7 Å². The van der Waals surface area contributed by atoms with Crippen molar-refractivity contribution in [3.63, 3.8) is 0 Å². The minimum absolute atomic E-state index is 0.100. The third-order valence-corrected chi connectivity index (χ3v) is 11.2. The lowest BCUT2D eigenvalue weighted by Gasteiger charge is -2.50. The van der Waals surface area contributed by atoms with E-state index in [0.29, 0.717) is 17.9 Å². The number of ether oxygens (including phenoxy) is 2. The number of piperazine rings is 1. The Hall–Kier alpha value is -3.95. The number of benzene rings is 2. The smallest absolute Gasteiger partial charge is 0.422 e. The average Bonchev–Trinajstić information content (AvgIpc) is 3.49. The Bertz CT molecular complexity index is 1750. The second kappa shape index (κ2) is 16.6. The van der Waals surface area contributed by atoms with Crippen molar-refractivity contribution in [2.75, 3.05) is 32.8 Å². The van der Waals surface area contributed by atoms with E-state index in [9.17, 15) is 14.4 Å². The highest BCUT2D eigenvalue weighted by Gasteiger charge is 2.51. The van der Waals surface area contributed by atoms with Crippen molar-refractivity contribution in [2.45, 2.75) is 116 Å². The third kappa shape index (κ3) is 7.80. The van der Waals surface area contributed by atoms with Crippen molar-refractivity contribution in [2.24, 2.45) is 0 Å². The molecule has 274 valence electrons. The fraction of sp³-hybridized carbons (Fsp3) is 0.548. The van der Waals surface area contributed by atoms with Crippen LogP contribution in [0.2, 0.25) is 0 Å². The van der Waals surface area contributed by atoms with Crippen molar-refractivity contribution in [1.82, 2.24) is 14.4 Å². The standard InChI is InChI=1S/C42H55N3O6/c1-5-7-8-14-22-35-34-21-13-10-15-23-36(46)50-39(40(47)49-6-2)45-37(30(34)3)38(51-41(45)48)42(35,4)44-26-24-43(25-27-44)29-31-17-16-20-33(28-31)32-18-11-9-12-19-32/h9,11-12,16-20,28,30,39H,5-8,10,13-15,21-27,29H2,1-4H3. The highest BCUT2D eigenvalue weighted by molar-refractivity contribution is 5.78. The van der Waals surface area contributed by atoms with E-state index in [1.807, 2.05) is 6.07 Å². The van der Waals surface area contributed by atoms with Crippen LogP contribution in [-0.4, -0.2) is 59.1 Å². The van der Waals surface area contributed by atoms with Crippen molar-refractivity contribution >= 4 is 11.9 Å². The van der Waals surface area contributed by atoms with Crippen LogP contribution in [0.15, 0.2) is 75.0 Å². The van der Waals surface area contributed by atoms with Crippen molar-refractivity contribution in [3.05, 3.63) is 93.3 Å². The Labute approximate surface area is 302 Å². The van der Waals surface area contributed by atoms with Gasteiger partial charge in [-0.3, -0.25) is 14.6 Å². The SMILES string of the molecule is CCCCCCC1=C2CCCCCC(=O)OC(C(=O)OCC)n3c(c(oc3=O)C1(C)N1CCN(Cc3cccc(-c4ccccc4)c3)CC1)C2C. The summed E-state index contributed by atoms with van der Waals surface area (Å²) in [6.45, 7) is 12.5. The van der Waals surface area contributed by atoms with E-state index in [1.165, 1.54) is 38.8 Å². The normalized spacial score (nSPS) is 23.3. The molecule has 0 saturated carbocycles. The molecule has 2 bridgehead atoms. The van der Waals surface area contributed by atoms with Gasteiger partial charge in [0.15, 0.2) is 5.76 Å². The van der Waals surface area contributed by atoms with Gasteiger partial charge in [-0.15, -0.1) is 0 Å². The first kappa shape index (κ1) is 36.8. The van der Waals surface area contributed by atoms with Gasteiger partial charge < -0.3 is 13.9 Å². The Morgan fingerprint density at radius 3 is 2.39 bits per heavy atom. The number of cyclic esters (lactones) is 1. The zero-order valence-corrected chi connectivity index (χ0v) is 31.0. The quantitative estimate of drug-likeness (QED) is 0.113. The number of esters is 2. The summed E-state index contributed by atoms with van der Waals surface area (Å²) in [7, 11) is 0. The predicted molar refractivity (Wildman–Crippen MR) is 198 cm³/mol. The maximum absolute atomic E-state index is 14.0. The number of oxazole rings is 1. The minimum Gasteiger partial charge on any atom is -0.462 e. The summed E-state index contributed by atoms with van der Waals surface area (Å²) in [5, 5.41) is 0. The minimum atomic E-state index is -1.53. The highest BCUT2D eigenvalue weighted by atomic mass is 16.6. The van der Waals surface area contributed by atoms with Crippen LogP contribution in [0.4, 0.5) is 0 Å². The molecule has 1 aliphatic carbocycles. The van der Waals surface area contributed by atoms with Crippen molar-refractivity contribution < 1.29 is 23.5 Å². The monoisotopic (exact) mass is 697 g/mol. The molecule has 1 aromatic heterocycles. The first-order chi connectivity index (χ1) is 24.8. The highest BCUT2D eigenvalue weighted by Crippen LogP contribution is 2.52.